The third-order valence-corrected chi connectivity index (χ3v) is 4.27. The Bertz CT molecular complexity index is 436. The van der Waals surface area contributed by atoms with E-state index in [2.05, 4.69) is 17.6 Å². The average Bonchev–Trinajstić information content (AvgIpc) is 2.39. The number of benzene rings is 1. The van der Waals surface area contributed by atoms with Crippen LogP contribution in [-0.4, -0.2) is 11.2 Å². The molecule has 1 aromatic rings. The number of nitrogens with one attached hydrogen (secondary N) is 2. The molecule has 1 fully saturated rings. The van der Waals surface area contributed by atoms with Crippen LogP contribution in [0.1, 0.15) is 38.2 Å². The Hall–Kier alpha value is -0.800. The summed E-state index contributed by atoms with van der Waals surface area (Å²) in [6.45, 7) is 3.02. The minimum atomic E-state index is 0.521. The number of thiocarbonyl (C=S) groups is 1. The molecule has 1 aliphatic rings. The van der Waals surface area contributed by atoms with Crippen molar-refractivity contribution in [2.45, 2.75) is 45.2 Å². The zero-order valence-electron chi connectivity index (χ0n) is 11.3. The SMILES string of the molecule is C[C@@H]1CCCC[C@H]1NC(=S)NCc1cccc(Cl)c1. The molecule has 1 aliphatic carbocycles. The van der Waals surface area contributed by atoms with Crippen molar-refractivity contribution in [3.8, 4) is 0 Å². The van der Waals surface area contributed by atoms with Gasteiger partial charge in [-0.25, -0.2) is 0 Å². The predicted molar refractivity (Wildman–Crippen MR) is 85.4 cm³/mol. The van der Waals surface area contributed by atoms with Crippen molar-refractivity contribution >= 4 is 28.9 Å². The molecule has 0 bridgehead atoms. The van der Waals surface area contributed by atoms with E-state index in [-0.39, 0.29) is 0 Å². The Labute approximate surface area is 125 Å². The molecular weight excluding hydrogens is 276 g/mol. The maximum Gasteiger partial charge on any atom is 0.166 e. The summed E-state index contributed by atoms with van der Waals surface area (Å²) in [7, 11) is 0. The fraction of sp³-hybridized carbons (Fsp3) is 0.533. The zero-order chi connectivity index (χ0) is 13.7. The van der Waals surface area contributed by atoms with E-state index in [1.165, 1.54) is 25.7 Å². The van der Waals surface area contributed by atoms with E-state index < -0.39 is 0 Å². The van der Waals surface area contributed by atoms with Gasteiger partial charge in [0.1, 0.15) is 0 Å². The molecule has 4 heteroatoms. The lowest BCUT2D eigenvalue weighted by atomic mass is 9.86. The summed E-state index contributed by atoms with van der Waals surface area (Å²) in [6, 6.07) is 8.36. The van der Waals surface area contributed by atoms with E-state index in [4.69, 9.17) is 23.8 Å². The molecule has 1 aromatic carbocycles. The summed E-state index contributed by atoms with van der Waals surface area (Å²) in [5.41, 5.74) is 1.15. The van der Waals surface area contributed by atoms with E-state index in [1.54, 1.807) is 0 Å². The van der Waals surface area contributed by atoms with Gasteiger partial charge in [-0.1, -0.05) is 43.5 Å². The van der Waals surface area contributed by atoms with E-state index in [9.17, 15) is 0 Å². The number of hydrogen-bond donors (Lipinski definition) is 2. The molecule has 0 unspecified atom stereocenters. The average molecular weight is 297 g/mol. The zero-order valence-corrected chi connectivity index (χ0v) is 12.9. The van der Waals surface area contributed by atoms with Crippen LogP contribution < -0.4 is 10.6 Å². The Morgan fingerprint density at radius 1 is 1.37 bits per heavy atom. The molecule has 0 heterocycles. The molecule has 0 aromatic heterocycles. The lowest BCUT2D eigenvalue weighted by Gasteiger charge is -2.30. The number of halogens is 1. The van der Waals surface area contributed by atoms with Crippen molar-refractivity contribution in [3.63, 3.8) is 0 Å². The van der Waals surface area contributed by atoms with Crippen LogP contribution in [0.2, 0.25) is 5.02 Å². The number of rotatable bonds is 3. The first-order valence-corrected chi connectivity index (χ1v) is 7.72. The van der Waals surface area contributed by atoms with Gasteiger partial charge in [0.2, 0.25) is 0 Å². The van der Waals surface area contributed by atoms with Crippen LogP contribution in [0.5, 0.6) is 0 Å². The first kappa shape index (κ1) is 14.6. The van der Waals surface area contributed by atoms with Crippen molar-refractivity contribution in [1.82, 2.24) is 10.6 Å². The molecule has 2 rings (SSSR count). The molecule has 2 atom stereocenters. The van der Waals surface area contributed by atoms with E-state index in [0.29, 0.717) is 18.5 Å². The van der Waals surface area contributed by atoms with Crippen molar-refractivity contribution in [3.05, 3.63) is 34.9 Å². The molecule has 19 heavy (non-hydrogen) atoms. The highest BCUT2D eigenvalue weighted by Gasteiger charge is 2.21. The molecule has 0 amide bonds. The topological polar surface area (TPSA) is 24.1 Å². The first-order valence-electron chi connectivity index (χ1n) is 6.94. The van der Waals surface area contributed by atoms with Crippen molar-refractivity contribution in [2.24, 2.45) is 5.92 Å². The minimum Gasteiger partial charge on any atom is -0.360 e. The summed E-state index contributed by atoms with van der Waals surface area (Å²) in [4.78, 5) is 0. The standard InChI is InChI=1S/C15H21ClN2S/c1-11-5-2-3-8-14(11)18-15(19)17-10-12-6-4-7-13(16)9-12/h4,6-7,9,11,14H,2-3,5,8,10H2,1H3,(H2,17,18,19)/t11-,14-/m1/s1. The molecule has 0 spiro atoms. The van der Waals surface area contributed by atoms with Crippen LogP contribution in [0.3, 0.4) is 0 Å². The van der Waals surface area contributed by atoms with Gasteiger partial charge >= 0.3 is 0 Å². The molecule has 2 nitrogen and oxygen atoms in total. The fourth-order valence-electron chi connectivity index (χ4n) is 2.58. The second-order valence-electron chi connectivity index (χ2n) is 5.33. The van der Waals surface area contributed by atoms with Crippen LogP contribution in [0, 0.1) is 5.92 Å². The van der Waals surface area contributed by atoms with Gasteiger partial charge in [0.25, 0.3) is 0 Å². The van der Waals surface area contributed by atoms with Crippen molar-refractivity contribution < 1.29 is 0 Å². The first-order chi connectivity index (χ1) is 9.15. The highest BCUT2D eigenvalue weighted by atomic mass is 35.5. The van der Waals surface area contributed by atoms with E-state index >= 15 is 0 Å². The summed E-state index contributed by atoms with van der Waals surface area (Å²) in [6.07, 6.45) is 5.18. The smallest absolute Gasteiger partial charge is 0.166 e. The molecule has 0 saturated heterocycles. The molecular formula is C15H21ClN2S. The van der Waals surface area contributed by atoms with Gasteiger partial charge in [0.15, 0.2) is 5.11 Å². The number of hydrogen-bond acceptors (Lipinski definition) is 1. The van der Waals surface area contributed by atoms with Crippen LogP contribution in [0.15, 0.2) is 24.3 Å². The minimum absolute atomic E-state index is 0.521. The normalized spacial score (nSPS) is 22.8. The molecule has 104 valence electrons. The lowest BCUT2D eigenvalue weighted by molar-refractivity contribution is 0.308. The quantitative estimate of drug-likeness (QED) is 0.828. The van der Waals surface area contributed by atoms with Gasteiger partial charge in [-0.05, 0) is 48.7 Å². The Balaban J connectivity index is 1.78. The molecule has 2 N–H and O–H groups in total. The van der Waals surface area contributed by atoms with Gasteiger partial charge < -0.3 is 10.6 Å². The summed E-state index contributed by atoms with van der Waals surface area (Å²) >= 11 is 11.3. The highest BCUT2D eigenvalue weighted by Crippen LogP contribution is 2.23. The highest BCUT2D eigenvalue weighted by molar-refractivity contribution is 7.80. The maximum absolute atomic E-state index is 5.96. The second-order valence-corrected chi connectivity index (χ2v) is 6.17. The van der Waals surface area contributed by atoms with Crippen LogP contribution in [0.4, 0.5) is 0 Å². The maximum atomic E-state index is 5.96. The molecule has 1 saturated carbocycles. The summed E-state index contributed by atoms with van der Waals surface area (Å²) in [5, 5.41) is 8.21. The van der Waals surface area contributed by atoms with Gasteiger partial charge in [-0.2, -0.15) is 0 Å². The van der Waals surface area contributed by atoms with Crippen LogP contribution >= 0.6 is 23.8 Å². The lowest BCUT2D eigenvalue weighted by Crippen LogP contribution is -2.45. The second kappa shape index (κ2) is 7.11. The molecule has 0 radical (unpaired) electrons. The van der Waals surface area contributed by atoms with Gasteiger partial charge in [0.05, 0.1) is 0 Å². The van der Waals surface area contributed by atoms with E-state index in [1.807, 2.05) is 24.3 Å². The fourth-order valence-corrected chi connectivity index (χ4v) is 3.02. The third kappa shape index (κ3) is 4.66. The predicted octanol–water partition coefficient (Wildman–Crippen LogP) is 3.88. The third-order valence-electron chi connectivity index (χ3n) is 3.77. The van der Waals surface area contributed by atoms with E-state index in [0.717, 1.165) is 15.7 Å². The monoisotopic (exact) mass is 296 g/mol. The Morgan fingerprint density at radius 2 is 2.16 bits per heavy atom. The van der Waals surface area contributed by atoms with Crippen molar-refractivity contribution in [1.29, 1.82) is 0 Å². The largest absolute Gasteiger partial charge is 0.360 e. The van der Waals surface area contributed by atoms with Gasteiger partial charge in [0, 0.05) is 17.6 Å². The summed E-state index contributed by atoms with van der Waals surface area (Å²) in [5.74, 6) is 0.708. The molecule has 0 aliphatic heterocycles. The van der Waals surface area contributed by atoms with Crippen LogP contribution in [0.25, 0.3) is 0 Å². The Kier molecular flexibility index (Phi) is 5.46. The van der Waals surface area contributed by atoms with Gasteiger partial charge in [-0.15, -0.1) is 0 Å². The van der Waals surface area contributed by atoms with Gasteiger partial charge in [-0.3, -0.25) is 0 Å². The van der Waals surface area contributed by atoms with Crippen LogP contribution in [-0.2, 0) is 6.54 Å². The Morgan fingerprint density at radius 3 is 2.89 bits per heavy atom. The van der Waals surface area contributed by atoms with Crippen molar-refractivity contribution in [2.75, 3.05) is 0 Å². The summed E-state index contributed by atoms with van der Waals surface area (Å²) < 4.78 is 0.